The predicted octanol–water partition coefficient (Wildman–Crippen LogP) is 3.99. The molecule has 2 aromatic rings. The van der Waals surface area contributed by atoms with Gasteiger partial charge in [0, 0.05) is 12.7 Å². The van der Waals surface area contributed by atoms with Crippen LogP contribution in [-0.4, -0.2) is 31.4 Å². The maximum absolute atomic E-state index is 11.3. The van der Waals surface area contributed by atoms with E-state index in [9.17, 15) is 4.79 Å². The molecule has 0 aliphatic rings. The Labute approximate surface area is 153 Å². The summed E-state index contributed by atoms with van der Waals surface area (Å²) >= 11 is 0. The largest absolute Gasteiger partial charge is 0.493 e. The SMILES string of the molecule is CCOC(=O)/C=C/c1ccc(Oc2cc(CCCO)ccc2OC)cc1. The van der Waals surface area contributed by atoms with Crippen LogP contribution in [0.25, 0.3) is 6.08 Å². The van der Waals surface area contributed by atoms with Gasteiger partial charge in [-0.3, -0.25) is 0 Å². The van der Waals surface area contributed by atoms with E-state index < -0.39 is 0 Å². The molecule has 0 atom stereocenters. The molecular formula is C21H24O5. The number of aryl methyl sites for hydroxylation is 1. The minimum absolute atomic E-state index is 0.156. The van der Waals surface area contributed by atoms with Crippen LogP contribution in [0.15, 0.2) is 48.5 Å². The number of aliphatic hydroxyl groups excluding tert-OH is 1. The minimum atomic E-state index is -0.364. The van der Waals surface area contributed by atoms with E-state index in [2.05, 4.69) is 0 Å². The monoisotopic (exact) mass is 356 g/mol. The summed E-state index contributed by atoms with van der Waals surface area (Å²) in [6.07, 6.45) is 4.56. The second-order valence-corrected chi connectivity index (χ2v) is 5.57. The van der Waals surface area contributed by atoms with Gasteiger partial charge in [0.05, 0.1) is 13.7 Å². The number of hydrogen-bond donors (Lipinski definition) is 1. The van der Waals surface area contributed by atoms with E-state index in [0.717, 1.165) is 17.5 Å². The van der Waals surface area contributed by atoms with Gasteiger partial charge in [-0.25, -0.2) is 4.79 Å². The van der Waals surface area contributed by atoms with Gasteiger partial charge >= 0.3 is 5.97 Å². The zero-order valence-corrected chi connectivity index (χ0v) is 15.1. The van der Waals surface area contributed by atoms with Crippen LogP contribution in [0.5, 0.6) is 17.2 Å². The summed E-state index contributed by atoms with van der Waals surface area (Å²) in [5.41, 5.74) is 1.94. The van der Waals surface area contributed by atoms with Gasteiger partial charge in [-0.1, -0.05) is 18.2 Å². The van der Waals surface area contributed by atoms with E-state index in [0.29, 0.717) is 30.3 Å². The van der Waals surface area contributed by atoms with Crippen molar-refractivity contribution in [1.82, 2.24) is 0 Å². The van der Waals surface area contributed by atoms with Gasteiger partial charge in [0.2, 0.25) is 0 Å². The van der Waals surface area contributed by atoms with Gasteiger partial charge in [0.25, 0.3) is 0 Å². The van der Waals surface area contributed by atoms with Crippen molar-refractivity contribution < 1.29 is 24.1 Å². The Bertz CT molecular complexity index is 735. The second kappa shape index (κ2) is 10.3. The Morgan fingerprint density at radius 3 is 2.54 bits per heavy atom. The highest BCUT2D eigenvalue weighted by Gasteiger charge is 2.07. The number of benzene rings is 2. The first-order valence-corrected chi connectivity index (χ1v) is 8.56. The van der Waals surface area contributed by atoms with Crippen LogP contribution < -0.4 is 9.47 Å². The third kappa shape index (κ3) is 5.93. The molecule has 2 rings (SSSR count). The fraction of sp³-hybridized carbons (Fsp3) is 0.286. The molecule has 0 heterocycles. The third-order valence-electron chi connectivity index (χ3n) is 3.66. The maximum Gasteiger partial charge on any atom is 0.330 e. The minimum Gasteiger partial charge on any atom is -0.493 e. The van der Waals surface area contributed by atoms with E-state index in [1.807, 2.05) is 42.5 Å². The second-order valence-electron chi connectivity index (χ2n) is 5.57. The lowest BCUT2D eigenvalue weighted by Gasteiger charge is -2.12. The molecule has 0 amide bonds. The van der Waals surface area contributed by atoms with Gasteiger partial charge < -0.3 is 19.3 Å². The topological polar surface area (TPSA) is 65.0 Å². The van der Waals surface area contributed by atoms with Gasteiger partial charge in [0.15, 0.2) is 11.5 Å². The maximum atomic E-state index is 11.3. The Kier molecular flexibility index (Phi) is 7.71. The third-order valence-corrected chi connectivity index (χ3v) is 3.66. The number of carbonyl (C=O) groups is 1. The normalized spacial score (nSPS) is 10.7. The van der Waals surface area contributed by atoms with Gasteiger partial charge in [-0.15, -0.1) is 0 Å². The van der Waals surface area contributed by atoms with Crippen molar-refractivity contribution >= 4 is 12.0 Å². The molecule has 0 spiro atoms. The summed E-state index contributed by atoms with van der Waals surface area (Å²) in [5.74, 6) is 1.56. The zero-order valence-electron chi connectivity index (χ0n) is 15.1. The van der Waals surface area contributed by atoms with E-state index >= 15 is 0 Å². The first kappa shape index (κ1) is 19.5. The lowest BCUT2D eigenvalue weighted by atomic mass is 10.1. The van der Waals surface area contributed by atoms with Gasteiger partial charge in [0.1, 0.15) is 5.75 Å². The number of methoxy groups -OCH3 is 1. The van der Waals surface area contributed by atoms with Crippen molar-refractivity contribution in [3.63, 3.8) is 0 Å². The van der Waals surface area contributed by atoms with Crippen LogP contribution in [0.1, 0.15) is 24.5 Å². The summed E-state index contributed by atoms with van der Waals surface area (Å²) in [6.45, 7) is 2.28. The van der Waals surface area contributed by atoms with E-state index in [1.54, 1.807) is 20.1 Å². The molecule has 0 fully saturated rings. The fourth-order valence-corrected chi connectivity index (χ4v) is 2.37. The van der Waals surface area contributed by atoms with Crippen LogP contribution in [0.2, 0.25) is 0 Å². The fourth-order valence-electron chi connectivity index (χ4n) is 2.37. The summed E-state index contributed by atoms with van der Waals surface area (Å²) < 4.78 is 16.1. The van der Waals surface area contributed by atoms with Crippen LogP contribution in [0, 0.1) is 0 Å². The average molecular weight is 356 g/mol. The Morgan fingerprint density at radius 1 is 1.12 bits per heavy atom. The standard InChI is InChI=1S/C21H24O5/c1-3-25-21(23)13-9-16-6-10-18(11-7-16)26-20-15-17(5-4-14-22)8-12-19(20)24-2/h6-13,15,22H,3-5,14H2,1-2H3/b13-9+. The Balaban J connectivity index is 2.09. The Morgan fingerprint density at radius 2 is 1.88 bits per heavy atom. The molecule has 0 saturated carbocycles. The number of ether oxygens (including phenoxy) is 3. The average Bonchev–Trinajstić information content (AvgIpc) is 2.66. The molecule has 0 aliphatic heterocycles. The summed E-state index contributed by atoms with van der Waals surface area (Å²) in [5, 5.41) is 8.98. The predicted molar refractivity (Wildman–Crippen MR) is 101 cm³/mol. The molecular weight excluding hydrogens is 332 g/mol. The van der Waals surface area contributed by atoms with Crippen molar-refractivity contribution in [3.8, 4) is 17.2 Å². The summed E-state index contributed by atoms with van der Waals surface area (Å²) in [4.78, 5) is 11.3. The highest BCUT2D eigenvalue weighted by molar-refractivity contribution is 5.87. The highest BCUT2D eigenvalue weighted by Crippen LogP contribution is 2.33. The number of carbonyl (C=O) groups excluding carboxylic acids is 1. The van der Waals surface area contributed by atoms with Gasteiger partial charge in [-0.05, 0) is 61.2 Å². The van der Waals surface area contributed by atoms with E-state index in [-0.39, 0.29) is 12.6 Å². The summed E-state index contributed by atoms with van der Waals surface area (Å²) in [7, 11) is 1.60. The molecule has 5 heteroatoms. The number of rotatable bonds is 9. The molecule has 0 unspecified atom stereocenters. The lowest BCUT2D eigenvalue weighted by molar-refractivity contribution is -0.137. The first-order chi connectivity index (χ1) is 12.7. The number of esters is 1. The van der Waals surface area contributed by atoms with Crippen molar-refractivity contribution in [2.45, 2.75) is 19.8 Å². The van der Waals surface area contributed by atoms with E-state index in [1.165, 1.54) is 6.08 Å². The molecule has 1 N–H and O–H groups in total. The van der Waals surface area contributed by atoms with Crippen molar-refractivity contribution in [1.29, 1.82) is 0 Å². The highest BCUT2D eigenvalue weighted by atomic mass is 16.5. The van der Waals surface area contributed by atoms with Gasteiger partial charge in [-0.2, -0.15) is 0 Å². The number of hydrogen-bond acceptors (Lipinski definition) is 5. The quantitative estimate of drug-likeness (QED) is 0.544. The molecule has 0 radical (unpaired) electrons. The lowest BCUT2D eigenvalue weighted by Crippen LogP contribution is -1.98. The first-order valence-electron chi connectivity index (χ1n) is 8.56. The molecule has 138 valence electrons. The molecule has 0 aromatic heterocycles. The molecule has 0 saturated heterocycles. The van der Waals surface area contributed by atoms with E-state index in [4.69, 9.17) is 19.3 Å². The smallest absolute Gasteiger partial charge is 0.330 e. The van der Waals surface area contributed by atoms with Crippen LogP contribution >= 0.6 is 0 Å². The summed E-state index contributed by atoms with van der Waals surface area (Å²) in [6, 6.07) is 13.1. The van der Waals surface area contributed by atoms with Crippen molar-refractivity contribution in [2.24, 2.45) is 0 Å². The molecule has 0 bridgehead atoms. The molecule has 0 aliphatic carbocycles. The zero-order chi connectivity index (χ0) is 18.8. The van der Waals surface area contributed by atoms with Crippen LogP contribution in [0.4, 0.5) is 0 Å². The number of aliphatic hydroxyl groups is 1. The molecule has 2 aromatic carbocycles. The van der Waals surface area contributed by atoms with Crippen LogP contribution in [-0.2, 0) is 16.0 Å². The van der Waals surface area contributed by atoms with Crippen molar-refractivity contribution in [3.05, 3.63) is 59.7 Å². The molecule has 26 heavy (non-hydrogen) atoms. The van der Waals surface area contributed by atoms with Crippen LogP contribution in [0.3, 0.4) is 0 Å². The Hall–Kier alpha value is -2.79. The molecule has 5 nitrogen and oxygen atoms in total. The van der Waals surface area contributed by atoms with Crippen molar-refractivity contribution in [2.75, 3.05) is 20.3 Å².